The lowest BCUT2D eigenvalue weighted by atomic mass is 10.1. The molecule has 0 aromatic carbocycles. The normalized spacial score (nSPS) is 29.2. The van der Waals surface area contributed by atoms with Crippen LogP contribution in [0.3, 0.4) is 0 Å². The maximum Gasteiger partial charge on any atom is 0.0869 e. The van der Waals surface area contributed by atoms with Gasteiger partial charge in [-0.25, -0.2) is 0 Å². The average Bonchev–Trinajstić information content (AvgIpc) is 2.56. The molecule has 2 N–H and O–H groups in total. The number of aliphatic hydroxyl groups is 1. The standard InChI is InChI=1S/C14H31N3O/c1-11(2)15-9-14(4,18)10-17-7-12(3)13(8-17)16(5)6/h11-13,15,18H,7-10H2,1-6H3. The van der Waals surface area contributed by atoms with Crippen molar-refractivity contribution in [1.29, 1.82) is 0 Å². The van der Waals surface area contributed by atoms with E-state index in [2.05, 4.69) is 50.0 Å². The summed E-state index contributed by atoms with van der Waals surface area (Å²) in [7, 11) is 4.28. The van der Waals surface area contributed by atoms with Crippen LogP contribution < -0.4 is 5.32 Å². The molecular formula is C14H31N3O. The summed E-state index contributed by atoms with van der Waals surface area (Å²) in [6.07, 6.45) is 0. The second-order valence-electron chi connectivity index (χ2n) is 6.73. The summed E-state index contributed by atoms with van der Waals surface area (Å²) >= 11 is 0. The fraction of sp³-hybridized carbons (Fsp3) is 1.00. The van der Waals surface area contributed by atoms with Crippen molar-refractivity contribution in [2.75, 3.05) is 40.3 Å². The molecule has 3 atom stereocenters. The van der Waals surface area contributed by atoms with Crippen LogP contribution in [0.4, 0.5) is 0 Å². The summed E-state index contributed by atoms with van der Waals surface area (Å²) in [5.74, 6) is 0.675. The Morgan fingerprint density at radius 3 is 2.44 bits per heavy atom. The third kappa shape index (κ3) is 4.84. The number of likely N-dealkylation sites (tertiary alicyclic amines) is 1. The van der Waals surface area contributed by atoms with E-state index >= 15 is 0 Å². The Labute approximate surface area is 112 Å². The summed E-state index contributed by atoms with van der Waals surface area (Å²) in [6, 6.07) is 1.03. The van der Waals surface area contributed by atoms with Gasteiger partial charge in [0, 0.05) is 38.3 Å². The lowest BCUT2D eigenvalue weighted by Crippen LogP contribution is -2.48. The molecule has 0 aromatic rings. The fourth-order valence-electron chi connectivity index (χ4n) is 2.81. The first-order valence-corrected chi connectivity index (χ1v) is 7.06. The van der Waals surface area contributed by atoms with Crippen LogP contribution in [0.15, 0.2) is 0 Å². The van der Waals surface area contributed by atoms with Crippen LogP contribution in [0.2, 0.25) is 0 Å². The number of rotatable bonds is 6. The van der Waals surface area contributed by atoms with Gasteiger partial charge >= 0.3 is 0 Å². The topological polar surface area (TPSA) is 38.7 Å². The van der Waals surface area contributed by atoms with Crippen molar-refractivity contribution in [3.05, 3.63) is 0 Å². The van der Waals surface area contributed by atoms with Crippen LogP contribution in [0.5, 0.6) is 0 Å². The number of nitrogens with zero attached hydrogens (tertiary/aromatic N) is 2. The third-order valence-corrected chi connectivity index (χ3v) is 3.77. The van der Waals surface area contributed by atoms with Crippen molar-refractivity contribution in [2.24, 2.45) is 5.92 Å². The van der Waals surface area contributed by atoms with Gasteiger partial charge in [-0.15, -0.1) is 0 Å². The van der Waals surface area contributed by atoms with Crippen molar-refractivity contribution >= 4 is 0 Å². The monoisotopic (exact) mass is 257 g/mol. The molecule has 0 radical (unpaired) electrons. The second kappa shape index (κ2) is 6.33. The zero-order valence-electron chi connectivity index (χ0n) is 12.9. The maximum atomic E-state index is 10.4. The van der Waals surface area contributed by atoms with E-state index in [0.29, 0.717) is 24.5 Å². The minimum Gasteiger partial charge on any atom is -0.388 e. The number of hydrogen-bond acceptors (Lipinski definition) is 4. The van der Waals surface area contributed by atoms with E-state index in [-0.39, 0.29) is 0 Å². The maximum absolute atomic E-state index is 10.4. The van der Waals surface area contributed by atoms with Gasteiger partial charge in [-0.05, 0) is 26.9 Å². The van der Waals surface area contributed by atoms with E-state index in [1.165, 1.54) is 0 Å². The van der Waals surface area contributed by atoms with Gasteiger partial charge in [0.05, 0.1) is 5.60 Å². The summed E-state index contributed by atoms with van der Waals surface area (Å²) in [6.45, 7) is 12.0. The van der Waals surface area contributed by atoms with E-state index in [9.17, 15) is 5.11 Å². The van der Waals surface area contributed by atoms with Crippen molar-refractivity contribution < 1.29 is 5.11 Å². The van der Waals surface area contributed by atoms with E-state index in [1.807, 2.05) is 6.92 Å². The van der Waals surface area contributed by atoms with Crippen LogP contribution in [-0.2, 0) is 0 Å². The number of nitrogens with one attached hydrogen (secondary N) is 1. The molecule has 1 rings (SSSR count). The molecule has 1 aliphatic rings. The Bertz CT molecular complexity index is 253. The van der Waals surface area contributed by atoms with Crippen molar-refractivity contribution in [3.8, 4) is 0 Å². The van der Waals surface area contributed by atoms with E-state index in [0.717, 1.165) is 19.6 Å². The minimum atomic E-state index is -0.648. The predicted octanol–water partition coefficient (Wildman–Crippen LogP) is 0.617. The second-order valence-corrected chi connectivity index (χ2v) is 6.73. The summed E-state index contributed by atoms with van der Waals surface area (Å²) < 4.78 is 0. The minimum absolute atomic E-state index is 0.420. The van der Waals surface area contributed by atoms with Crippen LogP contribution in [0, 0.1) is 5.92 Å². The highest BCUT2D eigenvalue weighted by molar-refractivity contribution is 4.90. The first kappa shape index (κ1) is 15.9. The summed E-state index contributed by atoms with van der Waals surface area (Å²) in [5.41, 5.74) is -0.648. The van der Waals surface area contributed by atoms with Crippen LogP contribution in [0.1, 0.15) is 27.7 Å². The molecule has 1 aliphatic heterocycles. The molecule has 1 heterocycles. The van der Waals surface area contributed by atoms with Gasteiger partial charge in [0.1, 0.15) is 0 Å². The Kier molecular flexibility index (Phi) is 5.59. The number of hydrogen-bond donors (Lipinski definition) is 2. The quantitative estimate of drug-likeness (QED) is 0.731. The van der Waals surface area contributed by atoms with Crippen LogP contribution in [0.25, 0.3) is 0 Å². The van der Waals surface area contributed by atoms with Gasteiger partial charge in [-0.1, -0.05) is 20.8 Å². The van der Waals surface area contributed by atoms with Crippen molar-refractivity contribution in [3.63, 3.8) is 0 Å². The van der Waals surface area contributed by atoms with E-state index < -0.39 is 5.60 Å². The Hall–Kier alpha value is -0.160. The third-order valence-electron chi connectivity index (χ3n) is 3.77. The van der Waals surface area contributed by atoms with Gasteiger partial charge in [-0.3, -0.25) is 4.90 Å². The number of β-amino-alcohol motifs (C(OH)–C–C–N with tert-alkyl or cyclic N) is 1. The predicted molar refractivity (Wildman–Crippen MR) is 76.8 cm³/mol. The molecule has 0 spiro atoms. The zero-order valence-corrected chi connectivity index (χ0v) is 12.9. The van der Waals surface area contributed by atoms with Gasteiger partial charge in [-0.2, -0.15) is 0 Å². The molecule has 0 amide bonds. The molecule has 108 valence electrons. The molecule has 18 heavy (non-hydrogen) atoms. The number of likely N-dealkylation sites (N-methyl/N-ethyl adjacent to an activating group) is 1. The highest BCUT2D eigenvalue weighted by atomic mass is 16.3. The van der Waals surface area contributed by atoms with Gasteiger partial charge in [0.25, 0.3) is 0 Å². The molecule has 0 aliphatic carbocycles. The molecule has 3 unspecified atom stereocenters. The lowest BCUT2D eigenvalue weighted by molar-refractivity contribution is 0.0234. The fourth-order valence-corrected chi connectivity index (χ4v) is 2.81. The van der Waals surface area contributed by atoms with Crippen LogP contribution >= 0.6 is 0 Å². The summed E-state index contributed by atoms with van der Waals surface area (Å²) in [5, 5.41) is 13.7. The molecular weight excluding hydrogens is 226 g/mol. The lowest BCUT2D eigenvalue weighted by Gasteiger charge is -2.30. The molecule has 1 fully saturated rings. The Morgan fingerprint density at radius 2 is 2.00 bits per heavy atom. The van der Waals surface area contributed by atoms with Gasteiger partial charge < -0.3 is 15.3 Å². The SMILES string of the molecule is CC(C)NCC(C)(O)CN1CC(C)C(N(C)C)C1. The Morgan fingerprint density at radius 1 is 1.39 bits per heavy atom. The molecule has 0 saturated carbocycles. The van der Waals surface area contributed by atoms with E-state index in [1.54, 1.807) is 0 Å². The average molecular weight is 257 g/mol. The first-order chi connectivity index (χ1) is 8.21. The molecule has 0 aromatic heterocycles. The molecule has 4 nitrogen and oxygen atoms in total. The van der Waals surface area contributed by atoms with Gasteiger partial charge in [0.15, 0.2) is 0 Å². The molecule has 1 saturated heterocycles. The highest BCUT2D eigenvalue weighted by Gasteiger charge is 2.34. The summed E-state index contributed by atoms with van der Waals surface area (Å²) in [4.78, 5) is 4.68. The highest BCUT2D eigenvalue weighted by Crippen LogP contribution is 2.21. The smallest absolute Gasteiger partial charge is 0.0869 e. The largest absolute Gasteiger partial charge is 0.388 e. The first-order valence-electron chi connectivity index (χ1n) is 7.06. The van der Waals surface area contributed by atoms with Crippen molar-refractivity contribution in [1.82, 2.24) is 15.1 Å². The Balaban J connectivity index is 2.43. The molecule has 0 bridgehead atoms. The van der Waals surface area contributed by atoms with Gasteiger partial charge in [0.2, 0.25) is 0 Å². The van der Waals surface area contributed by atoms with Crippen LogP contribution in [-0.4, -0.2) is 72.9 Å². The molecule has 4 heteroatoms. The van der Waals surface area contributed by atoms with E-state index in [4.69, 9.17) is 0 Å². The van der Waals surface area contributed by atoms with Crippen molar-refractivity contribution in [2.45, 2.75) is 45.4 Å². The zero-order chi connectivity index (χ0) is 13.9.